The van der Waals surface area contributed by atoms with Crippen LogP contribution in [0.5, 0.6) is 5.75 Å². The fourth-order valence-corrected chi connectivity index (χ4v) is 6.45. The fraction of sp³-hybridized carbons (Fsp3) is 0.480. The van der Waals surface area contributed by atoms with E-state index in [-0.39, 0.29) is 16.0 Å². The molecule has 5 heteroatoms. The van der Waals surface area contributed by atoms with Crippen molar-refractivity contribution in [2.45, 2.75) is 58.0 Å². The molecule has 0 radical (unpaired) electrons. The average Bonchev–Trinajstić information content (AvgIpc) is 3.06. The molecule has 0 aliphatic heterocycles. The monoisotopic (exact) mass is 405 g/mol. The molecule has 3 aliphatic carbocycles. The summed E-state index contributed by atoms with van der Waals surface area (Å²) in [4.78, 5) is 24.3. The van der Waals surface area contributed by atoms with E-state index >= 15 is 0 Å². The number of hydrogen-bond acceptors (Lipinski definition) is 4. The first-order valence-corrected chi connectivity index (χ1v) is 11.0. The van der Waals surface area contributed by atoms with Crippen molar-refractivity contribution in [3.05, 3.63) is 69.3 Å². The molecule has 0 saturated heterocycles. The summed E-state index contributed by atoms with van der Waals surface area (Å²) in [7, 11) is 0. The topological polar surface area (TPSA) is 69.4 Å². The van der Waals surface area contributed by atoms with Gasteiger partial charge in [0.15, 0.2) is 5.75 Å². The van der Waals surface area contributed by atoms with E-state index in [0.29, 0.717) is 48.7 Å². The van der Waals surface area contributed by atoms with Gasteiger partial charge in [-0.1, -0.05) is 43.3 Å². The predicted molar refractivity (Wildman–Crippen MR) is 113 cm³/mol. The Morgan fingerprint density at radius 3 is 2.67 bits per heavy atom. The number of rotatable bonds is 4. The van der Waals surface area contributed by atoms with Crippen molar-refractivity contribution in [3.8, 4) is 5.75 Å². The molecular weight excluding hydrogens is 378 g/mol. The predicted octanol–water partition coefficient (Wildman–Crippen LogP) is 5.60. The Bertz CT molecular complexity index is 1000. The van der Waals surface area contributed by atoms with Crippen LogP contribution in [-0.2, 0) is 17.8 Å². The molecule has 2 aromatic carbocycles. The molecule has 0 aromatic heterocycles. The van der Waals surface area contributed by atoms with Gasteiger partial charge >= 0.3 is 5.69 Å². The number of carbonyl (C=O) groups excluding carboxylic acids is 1. The largest absolute Gasteiger partial charge is 0.482 e. The van der Waals surface area contributed by atoms with Gasteiger partial charge in [0.25, 0.3) is 0 Å². The highest BCUT2D eigenvalue weighted by molar-refractivity contribution is 5.87. The smallest absolute Gasteiger partial charge is 0.314 e. The zero-order valence-electron chi connectivity index (χ0n) is 17.3. The van der Waals surface area contributed by atoms with Crippen LogP contribution < -0.4 is 4.74 Å². The summed E-state index contributed by atoms with van der Waals surface area (Å²) < 4.78 is 5.90. The Balaban J connectivity index is 1.47. The highest BCUT2D eigenvalue weighted by Gasteiger charge is 2.55. The Kier molecular flexibility index (Phi) is 4.64. The van der Waals surface area contributed by atoms with Crippen LogP contribution in [0.15, 0.2) is 42.5 Å². The van der Waals surface area contributed by atoms with E-state index in [2.05, 4.69) is 13.0 Å². The van der Waals surface area contributed by atoms with Crippen LogP contribution in [0.2, 0.25) is 0 Å². The molecule has 4 unspecified atom stereocenters. The third kappa shape index (κ3) is 2.94. The summed E-state index contributed by atoms with van der Waals surface area (Å²) in [5.41, 5.74) is 2.91. The van der Waals surface area contributed by atoms with Gasteiger partial charge in [-0.3, -0.25) is 14.9 Å². The van der Waals surface area contributed by atoms with E-state index in [9.17, 15) is 14.9 Å². The normalized spacial score (nSPS) is 29.6. The van der Waals surface area contributed by atoms with Crippen molar-refractivity contribution < 1.29 is 14.5 Å². The molecule has 0 N–H and O–H groups in total. The molecule has 0 spiro atoms. The van der Waals surface area contributed by atoms with Gasteiger partial charge in [0.05, 0.1) is 4.92 Å². The molecule has 0 heterocycles. The number of nitro benzene ring substituents is 1. The molecule has 5 rings (SSSR count). The Morgan fingerprint density at radius 1 is 1.10 bits per heavy atom. The van der Waals surface area contributed by atoms with E-state index in [0.717, 1.165) is 42.4 Å². The zero-order chi connectivity index (χ0) is 20.9. The third-order valence-electron chi connectivity index (χ3n) is 7.97. The van der Waals surface area contributed by atoms with Crippen LogP contribution in [0.4, 0.5) is 5.69 Å². The molecule has 0 bridgehead atoms. The lowest BCUT2D eigenvalue weighted by molar-refractivity contribution is -0.386. The molecule has 30 heavy (non-hydrogen) atoms. The molecular formula is C25H27NO4. The number of carbonyl (C=O) groups is 1. The van der Waals surface area contributed by atoms with Crippen LogP contribution in [0.25, 0.3) is 0 Å². The van der Waals surface area contributed by atoms with Crippen molar-refractivity contribution in [3.63, 3.8) is 0 Å². The van der Waals surface area contributed by atoms with Gasteiger partial charge in [-0.05, 0) is 67.1 Å². The Morgan fingerprint density at radius 2 is 1.90 bits per heavy atom. The number of benzene rings is 2. The zero-order valence-corrected chi connectivity index (χ0v) is 17.3. The van der Waals surface area contributed by atoms with Crippen LogP contribution >= 0.6 is 0 Å². The van der Waals surface area contributed by atoms with Crippen molar-refractivity contribution in [1.29, 1.82) is 0 Å². The first-order valence-electron chi connectivity index (χ1n) is 11.0. The number of Topliss-reactive ketones (excluding diaryl/α,β-unsaturated/α-hetero) is 1. The van der Waals surface area contributed by atoms with E-state index < -0.39 is 0 Å². The van der Waals surface area contributed by atoms with E-state index in [4.69, 9.17) is 4.74 Å². The minimum Gasteiger partial charge on any atom is -0.482 e. The number of fused-ring (bicyclic) bond motifs is 5. The first kappa shape index (κ1) is 19.3. The van der Waals surface area contributed by atoms with Gasteiger partial charge in [-0.2, -0.15) is 0 Å². The standard InChI is InChI=1S/C25H27NO4/c1-25-14-13-18-17-9-11-22(30-15-16-5-3-2-4-6-16)24(26(28)29)20(17)8-7-19(18)21(25)10-12-23(25)27/h2-6,9,11,18-19,21H,7-8,10,12-15H2,1H3. The number of nitrogens with zero attached hydrogens (tertiary/aromatic N) is 1. The second-order valence-corrected chi connectivity index (χ2v) is 9.34. The van der Waals surface area contributed by atoms with Crippen LogP contribution in [0.3, 0.4) is 0 Å². The van der Waals surface area contributed by atoms with E-state index in [1.54, 1.807) is 6.07 Å². The summed E-state index contributed by atoms with van der Waals surface area (Å²) in [6.07, 6.45) is 5.13. The highest BCUT2D eigenvalue weighted by Crippen LogP contribution is 2.60. The van der Waals surface area contributed by atoms with Crippen LogP contribution in [0, 0.1) is 27.4 Å². The van der Waals surface area contributed by atoms with Crippen LogP contribution in [-0.4, -0.2) is 10.7 Å². The van der Waals surface area contributed by atoms with E-state index in [1.807, 2.05) is 30.3 Å². The molecule has 0 amide bonds. The van der Waals surface area contributed by atoms with Crippen LogP contribution in [0.1, 0.15) is 61.6 Å². The molecule has 2 fully saturated rings. The van der Waals surface area contributed by atoms with Crippen molar-refractivity contribution in [2.24, 2.45) is 17.3 Å². The minimum absolute atomic E-state index is 0.137. The maximum absolute atomic E-state index is 12.5. The van der Waals surface area contributed by atoms with Gasteiger partial charge in [0, 0.05) is 17.4 Å². The van der Waals surface area contributed by atoms with Gasteiger partial charge in [0.2, 0.25) is 0 Å². The molecule has 5 nitrogen and oxygen atoms in total. The summed E-state index contributed by atoms with van der Waals surface area (Å²) >= 11 is 0. The number of hydrogen-bond donors (Lipinski definition) is 0. The molecule has 156 valence electrons. The lowest BCUT2D eigenvalue weighted by atomic mass is 9.55. The average molecular weight is 405 g/mol. The Hall–Kier alpha value is -2.69. The second kappa shape index (κ2) is 7.22. The summed E-state index contributed by atoms with van der Waals surface area (Å²) in [5, 5.41) is 12.0. The number of ether oxygens (including phenoxy) is 1. The third-order valence-corrected chi connectivity index (χ3v) is 7.97. The Labute approximate surface area is 176 Å². The summed E-state index contributed by atoms with van der Waals surface area (Å²) in [6.45, 7) is 2.47. The minimum atomic E-state index is -0.272. The van der Waals surface area contributed by atoms with Gasteiger partial charge in [-0.25, -0.2) is 0 Å². The van der Waals surface area contributed by atoms with Crippen molar-refractivity contribution in [2.75, 3.05) is 0 Å². The molecule has 2 saturated carbocycles. The van der Waals surface area contributed by atoms with Gasteiger partial charge in [0.1, 0.15) is 12.4 Å². The number of ketones is 1. The quantitative estimate of drug-likeness (QED) is 0.490. The highest BCUT2D eigenvalue weighted by atomic mass is 16.6. The van der Waals surface area contributed by atoms with Gasteiger partial charge < -0.3 is 4.74 Å². The lowest BCUT2D eigenvalue weighted by Gasteiger charge is -2.48. The maximum atomic E-state index is 12.5. The lowest BCUT2D eigenvalue weighted by Crippen LogP contribution is -2.42. The number of nitro groups is 1. The first-order chi connectivity index (χ1) is 14.5. The maximum Gasteiger partial charge on any atom is 0.314 e. The van der Waals surface area contributed by atoms with Crippen molar-refractivity contribution >= 4 is 11.5 Å². The summed E-state index contributed by atoms with van der Waals surface area (Å²) in [5.74, 6) is 1.98. The molecule has 3 aliphatic rings. The SMILES string of the molecule is CC12CCC3c4ccc(OCc5ccccc5)c([N+](=O)[O-])c4CCC3C1CCC2=O. The van der Waals surface area contributed by atoms with Crippen molar-refractivity contribution in [1.82, 2.24) is 0 Å². The molecule has 2 aromatic rings. The summed E-state index contributed by atoms with van der Waals surface area (Å²) in [6, 6.07) is 13.6. The van der Waals surface area contributed by atoms with E-state index in [1.165, 1.54) is 0 Å². The fourth-order valence-electron chi connectivity index (χ4n) is 6.45. The van der Waals surface area contributed by atoms with Gasteiger partial charge in [-0.15, -0.1) is 0 Å². The second-order valence-electron chi connectivity index (χ2n) is 9.34. The molecule has 4 atom stereocenters.